The summed E-state index contributed by atoms with van der Waals surface area (Å²) in [5.41, 5.74) is 5.73. The number of fused-ring (bicyclic) bond motifs is 2. The minimum absolute atomic E-state index is 0.0137. The van der Waals surface area contributed by atoms with Crippen LogP contribution < -0.4 is 4.90 Å². The molecule has 7 nitrogen and oxygen atoms in total. The Kier molecular flexibility index (Phi) is 5.50. The van der Waals surface area contributed by atoms with E-state index in [1.54, 1.807) is 42.0 Å². The average Bonchev–Trinajstić information content (AvgIpc) is 3.41. The third-order valence-electron chi connectivity index (χ3n) is 6.72. The first-order valence-electron chi connectivity index (χ1n) is 11.5. The topological polar surface area (TPSA) is 59.2 Å². The minimum Gasteiger partial charge on any atom is -0.338 e. The van der Waals surface area contributed by atoms with E-state index in [0.717, 1.165) is 46.9 Å². The number of anilines is 2. The molecule has 4 heterocycles. The van der Waals surface area contributed by atoms with Crippen LogP contribution in [-0.2, 0) is 31.2 Å². The smallest absolute Gasteiger partial charge is 0.264 e. The number of amides is 1. The number of benzene rings is 1. The fourth-order valence-corrected chi connectivity index (χ4v) is 5.06. The Morgan fingerprint density at radius 3 is 2.62 bits per heavy atom. The van der Waals surface area contributed by atoms with Gasteiger partial charge in [-0.3, -0.25) is 9.48 Å². The fourth-order valence-electron chi connectivity index (χ4n) is 5.06. The highest BCUT2D eigenvalue weighted by molar-refractivity contribution is 5.78. The van der Waals surface area contributed by atoms with E-state index in [9.17, 15) is 13.6 Å². The minimum atomic E-state index is -2.63. The number of hydrogen-bond acceptors (Lipinski definition) is 4. The molecular formula is C25H28F2N6O. The summed E-state index contributed by atoms with van der Waals surface area (Å²) in [5.74, 6) is 0.735. The molecule has 0 unspecified atom stereocenters. The molecule has 1 amide bonds. The van der Waals surface area contributed by atoms with Crippen LogP contribution in [0.15, 0.2) is 31.1 Å². The lowest BCUT2D eigenvalue weighted by Crippen LogP contribution is -2.35. The number of allylic oxidation sites excluding steroid dienone is 1. The fraction of sp³-hybridized carbons (Fsp3) is 0.400. The van der Waals surface area contributed by atoms with Gasteiger partial charge in [-0.1, -0.05) is 6.58 Å². The number of alkyl halides is 2. The van der Waals surface area contributed by atoms with E-state index in [0.29, 0.717) is 37.2 Å². The number of carbonyl (C=O) groups is 1. The molecule has 3 aromatic rings. The maximum Gasteiger partial charge on any atom is 0.264 e. The Bertz CT molecular complexity index is 1290. The molecule has 9 heteroatoms. The summed E-state index contributed by atoms with van der Waals surface area (Å²) in [5, 5.41) is 9.04. The van der Waals surface area contributed by atoms with Gasteiger partial charge >= 0.3 is 0 Å². The number of halogens is 2. The lowest BCUT2D eigenvalue weighted by atomic mass is 9.92. The molecular weight excluding hydrogens is 438 g/mol. The van der Waals surface area contributed by atoms with Crippen molar-refractivity contribution in [2.24, 2.45) is 7.05 Å². The van der Waals surface area contributed by atoms with Crippen LogP contribution in [0.4, 0.5) is 20.3 Å². The van der Waals surface area contributed by atoms with Gasteiger partial charge in [0.05, 0.1) is 18.4 Å². The average molecular weight is 467 g/mol. The Morgan fingerprint density at radius 1 is 1.18 bits per heavy atom. The van der Waals surface area contributed by atoms with Crippen molar-refractivity contribution in [3.63, 3.8) is 0 Å². The summed E-state index contributed by atoms with van der Waals surface area (Å²) >= 11 is 0. The first-order chi connectivity index (χ1) is 16.2. The van der Waals surface area contributed by atoms with Crippen molar-refractivity contribution >= 4 is 23.1 Å². The third kappa shape index (κ3) is 3.69. The third-order valence-corrected chi connectivity index (χ3v) is 6.72. The van der Waals surface area contributed by atoms with Crippen LogP contribution in [0.25, 0.3) is 16.8 Å². The summed E-state index contributed by atoms with van der Waals surface area (Å²) in [7, 11) is 1.77. The molecule has 1 aromatic carbocycles. The summed E-state index contributed by atoms with van der Waals surface area (Å²) in [6.45, 7) is 9.28. The number of carbonyl (C=O) groups excluding carboxylic acids is 1. The molecule has 34 heavy (non-hydrogen) atoms. The Hall–Kier alpha value is -3.49. The van der Waals surface area contributed by atoms with Gasteiger partial charge in [-0.15, -0.1) is 5.10 Å². The van der Waals surface area contributed by atoms with Gasteiger partial charge in [-0.25, -0.2) is 13.5 Å². The van der Waals surface area contributed by atoms with Crippen LogP contribution in [-0.4, -0.2) is 43.5 Å². The number of aryl methyl sites for hydroxylation is 2. The standard InChI is InChI=1S/C25H28F2N6O/c1-15(2)33-22-7-9-31(16(3)34)14-21(22)25(29-33)32-8-5-6-17-10-19(18-12-28-30(4)13-18)20(24(26)27)11-23(17)32/h10-13,24H,1,5-9,14H2,2-4H3. The quantitative estimate of drug-likeness (QED) is 0.559. The van der Waals surface area contributed by atoms with Gasteiger partial charge in [0, 0.05) is 67.8 Å². The molecule has 0 saturated heterocycles. The van der Waals surface area contributed by atoms with Gasteiger partial charge in [0.25, 0.3) is 6.43 Å². The zero-order chi connectivity index (χ0) is 24.1. The molecule has 0 saturated carbocycles. The lowest BCUT2D eigenvalue weighted by Gasteiger charge is -2.33. The van der Waals surface area contributed by atoms with Gasteiger partial charge in [0.2, 0.25) is 5.91 Å². The molecule has 2 aliphatic rings. The first-order valence-corrected chi connectivity index (χ1v) is 11.5. The molecule has 0 spiro atoms. The number of aromatic nitrogens is 4. The largest absolute Gasteiger partial charge is 0.338 e. The van der Waals surface area contributed by atoms with E-state index in [4.69, 9.17) is 5.10 Å². The highest BCUT2D eigenvalue weighted by atomic mass is 19.3. The highest BCUT2D eigenvalue weighted by Gasteiger charge is 2.32. The molecule has 0 N–H and O–H groups in total. The molecule has 2 aliphatic heterocycles. The van der Waals surface area contributed by atoms with Crippen molar-refractivity contribution in [2.45, 2.75) is 46.1 Å². The molecule has 0 aliphatic carbocycles. The molecule has 178 valence electrons. The van der Waals surface area contributed by atoms with Gasteiger partial charge in [-0.2, -0.15) is 5.10 Å². The number of rotatable bonds is 4. The predicted molar refractivity (Wildman–Crippen MR) is 127 cm³/mol. The van der Waals surface area contributed by atoms with Crippen molar-refractivity contribution in [3.05, 3.63) is 53.5 Å². The van der Waals surface area contributed by atoms with Gasteiger partial charge in [0.15, 0.2) is 5.82 Å². The first kappa shape index (κ1) is 22.3. The second kappa shape index (κ2) is 8.38. The Labute approximate surface area is 197 Å². The van der Waals surface area contributed by atoms with Crippen LogP contribution in [0.5, 0.6) is 0 Å². The van der Waals surface area contributed by atoms with Crippen LogP contribution >= 0.6 is 0 Å². The van der Waals surface area contributed by atoms with E-state index in [1.807, 2.05) is 22.6 Å². The summed E-state index contributed by atoms with van der Waals surface area (Å²) < 4.78 is 31.9. The second-order valence-electron chi connectivity index (χ2n) is 9.11. The Balaban J connectivity index is 1.65. The molecule has 5 rings (SSSR count). The Morgan fingerprint density at radius 2 is 1.97 bits per heavy atom. The number of nitrogens with zero attached hydrogens (tertiary/aromatic N) is 6. The molecule has 0 fully saturated rings. The van der Waals surface area contributed by atoms with Crippen LogP contribution in [0.3, 0.4) is 0 Å². The van der Waals surface area contributed by atoms with Crippen molar-refractivity contribution in [3.8, 4) is 11.1 Å². The molecule has 2 aromatic heterocycles. The van der Waals surface area contributed by atoms with Crippen LogP contribution in [0.2, 0.25) is 0 Å². The van der Waals surface area contributed by atoms with Crippen molar-refractivity contribution in [1.29, 1.82) is 0 Å². The maximum absolute atomic E-state index is 14.2. The maximum atomic E-state index is 14.2. The lowest BCUT2D eigenvalue weighted by molar-refractivity contribution is -0.129. The van der Waals surface area contributed by atoms with Crippen molar-refractivity contribution in [2.75, 3.05) is 18.0 Å². The zero-order valence-corrected chi connectivity index (χ0v) is 19.7. The molecule has 0 radical (unpaired) electrons. The van der Waals surface area contributed by atoms with Crippen LogP contribution in [0, 0.1) is 0 Å². The van der Waals surface area contributed by atoms with E-state index in [2.05, 4.69) is 11.7 Å². The van der Waals surface area contributed by atoms with E-state index >= 15 is 0 Å². The monoisotopic (exact) mass is 466 g/mol. The normalized spacial score (nSPS) is 15.5. The molecule has 0 bridgehead atoms. The molecule has 0 atom stereocenters. The van der Waals surface area contributed by atoms with E-state index in [-0.39, 0.29) is 11.5 Å². The zero-order valence-electron chi connectivity index (χ0n) is 19.7. The van der Waals surface area contributed by atoms with Gasteiger partial charge in [-0.05, 0) is 43.0 Å². The number of hydrogen-bond donors (Lipinski definition) is 0. The summed E-state index contributed by atoms with van der Waals surface area (Å²) in [6, 6.07) is 3.49. The van der Waals surface area contributed by atoms with Crippen molar-refractivity contribution in [1.82, 2.24) is 24.5 Å². The van der Waals surface area contributed by atoms with E-state index < -0.39 is 6.43 Å². The summed E-state index contributed by atoms with van der Waals surface area (Å²) in [4.78, 5) is 16.0. The predicted octanol–water partition coefficient (Wildman–Crippen LogP) is 4.70. The highest BCUT2D eigenvalue weighted by Crippen LogP contribution is 2.43. The van der Waals surface area contributed by atoms with Crippen LogP contribution in [0.1, 0.15) is 49.1 Å². The van der Waals surface area contributed by atoms with Gasteiger partial charge in [0.1, 0.15) is 0 Å². The summed E-state index contributed by atoms with van der Waals surface area (Å²) in [6.07, 6.45) is 3.10. The SMILES string of the molecule is C=C(C)n1nc(N2CCCc3cc(-c4cnn(C)c4)c(C(F)F)cc32)c2c1CCN(C(C)=O)C2. The van der Waals surface area contributed by atoms with Gasteiger partial charge < -0.3 is 9.80 Å². The van der Waals surface area contributed by atoms with Crippen molar-refractivity contribution < 1.29 is 13.6 Å². The van der Waals surface area contributed by atoms with E-state index in [1.165, 1.54) is 0 Å². The second-order valence-corrected chi connectivity index (χ2v) is 9.11.